The third kappa shape index (κ3) is 9.54. The predicted molar refractivity (Wildman–Crippen MR) is 369 cm³/mol. The number of hydrogen-bond donors (Lipinski definition) is 0. The quantitative estimate of drug-likeness (QED) is 0.0805. The highest BCUT2D eigenvalue weighted by Crippen LogP contribution is 2.33. The van der Waals surface area contributed by atoms with Crippen LogP contribution in [0.1, 0.15) is 0 Å². The first kappa shape index (κ1) is 52.9. The Morgan fingerprint density at radius 1 is 0.195 bits per heavy atom. The van der Waals surface area contributed by atoms with E-state index < -0.39 is 16.1 Å². The van der Waals surface area contributed by atoms with Crippen LogP contribution in [0.4, 0.5) is 0 Å². The summed E-state index contributed by atoms with van der Waals surface area (Å²) < 4.78 is 2.22. The van der Waals surface area contributed by atoms with Crippen LogP contribution in [0, 0.1) is 0 Å². The second-order valence-corrected chi connectivity index (χ2v) is 29.9. The molecule has 6 heteroatoms. The number of hydrogen-bond acceptors (Lipinski definition) is 3. The molecule has 0 bridgehead atoms. The van der Waals surface area contributed by atoms with E-state index in [-0.39, 0.29) is 0 Å². The molecule has 0 unspecified atom stereocenters. The first-order valence-electron chi connectivity index (χ1n) is 29.7. The van der Waals surface area contributed by atoms with Gasteiger partial charge in [0.15, 0.2) is 27.8 Å². The van der Waals surface area contributed by atoms with E-state index in [1.165, 1.54) is 74.9 Å². The maximum atomic E-state index is 5.68. The van der Waals surface area contributed by atoms with Crippen LogP contribution in [0.2, 0.25) is 0 Å². The summed E-state index contributed by atoms with van der Waals surface area (Å²) in [6.07, 6.45) is 0. The molecule has 15 rings (SSSR count). The van der Waals surface area contributed by atoms with Gasteiger partial charge in [0.1, 0.15) is 0 Å². The lowest BCUT2D eigenvalue weighted by Crippen LogP contribution is -2.74. The zero-order valence-corrected chi connectivity index (χ0v) is 49.8. The second kappa shape index (κ2) is 22.9. The van der Waals surface area contributed by atoms with E-state index in [1.807, 2.05) is 0 Å². The fourth-order valence-electron chi connectivity index (χ4n) is 13.4. The van der Waals surface area contributed by atoms with Gasteiger partial charge in [-0.25, -0.2) is 4.98 Å². The summed E-state index contributed by atoms with van der Waals surface area (Å²) in [6, 6.07) is 129. The summed E-state index contributed by atoms with van der Waals surface area (Å²) in [4.78, 5) is 16.9. The Hall–Kier alpha value is -10.9. The van der Waals surface area contributed by atoms with E-state index in [0.717, 1.165) is 32.9 Å². The molecule has 2 heterocycles. The van der Waals surface area contributed by atoms with Gasteiger partial charge in [0.2, 0.25) is 5.95 Å². The zero-order chi connectivity index (χ0) is 58.0. The van der Waals surface area contributed by atoms with E-state index in [4.69, 9.17) is 15.0 Å². The smallest absolute Gasteiger partial charge is 0.238 e. The molecule has 0 aliphatic carbocycles. The Morgan fingerprint density at radius 3 is 0.770 bits per heavy atom. The third-order valence-corrected chi connectivity index (χ3v) is 26.8. The maximum Gasteiger partial charge on any atom is 0.238 e. The van der Waals surface area contributed by atoms with Crippen molar-refractivity contribution >= 4 is 79.4 Å². The standard InChI is InChI=1S/C81H58N4Si2/c1-7-28-59(29-8-1)62-34-23-45-70(54-62)87(71-46-24-35-63(55-71)60-30-9-2-10-31-60,72-47-25-36-64(56-72)61-32-11-3-12-33-61)74-49-27-38-66(58-74)80-82-79(83-81(84-80)85-77-52-21-19-50-75(77)76-51-20-22-53-78(76)85)65-37-26-48-73(57-65)86(67-39-13-4-14-40-67,68-41-15-5-16-42-68)69-43-17-6-18-44-69/h1-58H. The molecular formula is C81H58N4Si2. The van der Waals surface area contributed by atoms with Gasteiger partial charge in [0.05, 0.1) is 11.0 Å². The summed E-state index contributed by atoms with van der Waals surface area (Å²) >= 11 is 0. The minimum absolute atomic E-state index is 0.547. The number of para-hydroxylation sites is 2. The lowest BCUT2D eigenvalue weighted by atomic mass is 10.1. The first-order chi connectivity index (χ1) is 43.1. The van der Waals surface area contributed by atoms with Gasteiger partial charge in [0.25, 0.3) is 0 Å². The average Bonchev–Trinajstić information content (AvgIpc) is 1.46. The van der Waals surface area contributed by atoms with Gasteiger partial charge in [-0.05, 0) is 87.0 Å². The molecule has 0 amide bonds. The Kier molecular flexibility index (Phi) is 13.9. The SMILES string of the molecule is c1ccc(-c2cccc([Si](c3cccc(-c4ccccc4)c3)(c3cccc(-c4ccccc4)c3)c3cccc(-c4nc(-c5cccc([Si](c6ccccc6)(c6ccccc6)c6ccccc6)c5)nc(-n5c6ccccc6c6ccccc65)n4)c3)c2)cc1. The molecule has 0 fully saturated rings. The Morgan fingerprint density at radius 2 is 0.437 bits per heavy atom. The van der Waals surface area contributed by atoms with Crippen molar-refractivity contribution in [2.24, 2.45) is 0 Å². The summed E-state index contributed by atoms with van der Waals surface area (Å²) in [5, 5.41) is 12.4. The largest absolute Gasteiger partial charge is 0.278 e. The molecule has 13 aromatic carbocycles. The fourth-order valence-corrected chi connectivity index (χ4v) is 23.1. The van der Waals surface area contributed by atoms with Crippen molar-refractivity contribution < 1.29 is 0 Å². The summed E-state index contributed by atoms with van der Waals surface area (Å²) in [7, 11) is -6.33. The second-order valence-electron chi connectivity index (χ2n) is 22.3. The normalized spacial score (nSPS) is 11.7. The van der Waals surface area contributed by atoms with Crippen LogP contribution in [0.15, 0.2) is 352 Å². The van der Waals surface area contributed by atoms with Crippen LogP contribution < -0.4 is 41.5 Å². The summed E-state index contributed by atoms with van der Waals surface area (Å²) in [6.45, 7) is 0. The molecular weight excluding hydrogens is 1090 g/mol. The molecule has 0 aliphatic rings. The number of rotatable bonds is 14. The number of fused-ring (bicyclic) bond motifs is 3. The molecule has 0 spiro atoms. The molecule has 4 nitrogen and oxygen atoms in total. The molecule has 15 aromatic rings. The molecule has 0 atom stereocenters. The van der Waals surface area contributed by atoms with Gasteiger partial charge in [0, 0.05) is 21.9 Å². The van der Waals surface area contributed by atoms with Crippen molar-refractivity contribution in [1.82, 2.24) is 19.5 Å². The van der Waals surface area contributed by atoms with E-state index in [0.29, 0.717) is 17.6 Å². The van der Waals surface area contributed by atoms with Crippen LogP contribution in [-0.2, 0) is 0 Å². The maximum absolute atomic E-state index is 5.68. The number of aromatic nitrogens is 4. The van der Waals surface area contributed by atoms with Gasteiger partial charge < -0.3 is 0 Å². The highest BCUT2D eigenvalue weighted by molar-refractivity contribution is 7.20. The van der Waals surface area contributed by atoms with Crippen molar-refractivity contribution in [3.05, 3.63) is 352 Å². The number of nitrogens with zero attached hydrogens (tertiary/aromatic N) is 4. The van der Waals surface area contributed by atoms with Crippen molar-refractivity contribution in [3.8, 4) is 62.1 Å². The summed E-state index contributed by atoms with van der Waals surface area (Å²) in [5.41, 5.74) is 10.9. The van der Waals surface area contributed by atoms with Gasteiger partial charge in [-0.3, -0.25) is 4.57 Å². The van der Waals surface area contributed by atoms with E-state index >= 15 is 0 Å². The molecule has 0 N–H and O–H groups in total. The van der Waals surface area contributed by atoms with Crippen molar-refractivity contribution in [3.63, 3.8) is 0 Å². The van der Waals surface area contributed by atoms with Gasteiger partial charge >= 0.3 is 0 Å². The zero-order valence-electron chi connectivity index (χ0n) is 47.8. The van der Waals surface area contributed by atoms with Crippen LogP contribution in [-0.4, -0.2) is 35.7 Å². The first-order valence-corrected chi connectivity index (χ1v) is 33.7. The van der Waals surface area contributed by atoms with Crippen molar-refractivity contribution in [2.75, 3.05) is 0 Å². The fraction of sp³-hybridized carbons (Fsp3) is 0. The minimum Gasteiger partial charge on any atom is -0.278 e. The van der Waals surface area contributed by atoms with E-state index in [1.54, 1.807) is 0 Å². The molecule has 0 radical (unpaired) electrons. The number of benzene rings is 13. The van der Waals surface area contributed by atoms with Gasteiger partial charge in [-0.2, -0.15) is 9.97 Å². The monoisotopic (exact) mass is 1140 g/mol. The summed E-state index contributed by atoms with van der Waals surface area (Å²) in [5.74, 6) is 1.72. The molecule has 0 aliphatic heterocycles. The Bertz CT molecular complexity index is 4570. The van der Waals surface area contributed by atoms with Crippen molar-refractivity contribution in [1.29, 1.82) is 0 Å². The van der Waals surface area contributed by atoms with Crippen LogP contribution in [0.5, 0.6) is 0 Å². The third-order valence-electron chi connectivity index (χ3n) is 17.3. The van der Waals surface area contributed by atoms with E-state index in [9.17, 15) is 0 Å². The topological polar surface area (TPSA) is 43.6 Å². The minimum atomic E-state index is -3.37. The van der Waals surface area contributed by atoms with Gasteiger partial charge in [-0.1, -0.05) is 340 Å². The highest BCUT2D eigenvalue weighted by atomic mass is 28.3. The van der Waals surface area contributed by atoms with E-state index in [2.05, 4.69) is 356 Å². The average molecular weight is 1140 g/mol. The lowest BCUT2D eigenvalue weighted by Gasteiger charge is -2.35. The van der Waals surface area contributed by atoms with Gasteiger partial charge in [-0.15, -0.1) is 0 Å². The Balaban J connectivity index is 1.01. The highest BCUT2D eigenvalue weighted by Gasteiger charge is 2.44. The lowest BCUT2D eigenvalue weighted by molar-refractivity contribution is 0.953. The van der Waals surface area contributed by atoms with Crippen LogP contribution >= 0.6 is 0 Å². The van der Waals surface area contributed by atoms with Crippen LogP contribution in [0.25, 0.3) is 83.9 Å². The predicted octanol–water partition coefficient (Wildman–Crippen LogP) is 14.1. The molecule has 0 saturated heterocycles. The van der Waals surface area contributed by atoms with Crippen LogP contribution in [0.3, 0.4) is 0 Å². The van der Waals surface area contributed by atoms with Crippen molar-refractivity contribution in [2.45, 2.75) is 0 Å². The molecule has 2 aromatic heterocycles. The molecule has 410 valence electrons. The molecule has 0 saturated carbocycles. The Labute approximate surface area is 509 Å². The molecule has 87 heavy (non-hydrogen) atoms.